The number of nitrogens with one attached hydrogen (secondary N) is 2. The number of amides is 3. The number of likely N-dealkylation sites (tertiary alicyclic amines) is 1. The minimum absolute atomic E-state index is 0.00782. The Morgan fingerprint density at radius 1 is 1.00 bits per heavy atom. The molecule has 5 nitrogen and oxygen atoms in total. The van der Waals surface area contributed by atoms with Crippen LogP contribution >= 0.6 is 0 Å². The highest BCUT2D eigenvalue weighted by Gasteiger charge is 2.37. The molecule has 0 radical (unpaired) electrons. The van der Waals surface area contributed by atoms with Gasteiger partial charge in [0.15, 0.2) is 0 Å². The lowest BCUT2D eigenvalue weighted by molar-refractivity contribution is -0.143. The lowest BCUT2D eigenvalue weighted by Gasteiger charge is -2.32. The molecule has 2 N–H and O–H groups in total. The topological polar surface area (TPSA) is 61.4 Å². The van der Waals surface area contributed by atoms with E-state index in [-0.39, 0.29) is 18.0 Å². The van der Waals surface area contributed by atoms with Gasteiger partial charge in [-0.25, -0.2) is 4.79 Å². The number of halogens is 6. The van der Waals surface area contributed by atoms with Gasteiger partial charge in [0.25, 0.3) is 0 Å². The molecule has 0 bridgehead atoms. The quantitative estimate of drug-likeness (QED) is 0.691. The zero-order valence-electron chi connectivity index (χ0n) is 15.6. The van der Waals surface area contributed by atoms with Gasteiger partial charge < -0.3 is 15.5 Å². The Kier molecular flexibility index (Phi) is 7.02. The van der Waals surface area contributed by atoms with Crippen molar-refractivity contribution < 1.29 is 35.9 Å². The first-order chi connectivity index (χ1) is 13.4. The highest BCUT2D eigenvalue weighted by Crippen LogP contribution is 2.37. The van der Waals surface area contributed by atoms with Crippen LogP contribution in [0.5, 0.6) is 0 Å². The Bertz CT molecular complexity index is 708. The lowest BCUT2D eigenvalue weighted by Crippen LogP contribution is -2.47. The number of nitrogens with zero attached hydrogens (tertiary/aromatic N) is 1. The molecule has 162 valence electrons. The van der Waals surface area contributed by atoms with Gasteiger partial charge in [-0.1, -0.05) is 6.92 Å². The van der Waals surface area contributed by atoms with Crippen molar-refractivity contribution in [1.29, 1.82) is 0 Å². The standard InChI is InChI=1S/C18H21F6N3O2/c1-2-3-15(28)27-6-4-13(5-7-27)25-16(29)26-14-9-11(17(19,20)21)8-12(10-14)18(22,23)24/h8-10,13H,2-7H2,1H3,(H2,25,26,29). The smallest absolute Gasteiger partial charge is 0.343 e. The monoisotopic (exact) mass is 425 g/mol. The fraction of sp³-hybridized carbons (Fsp3) is 0.556. The molecular formula is C18H21F6N3O2. The van der Waals surface area contributed by atoms with Crippen LogP contribution in [0.15, 0.2) is 18.2 Å². The van der Waals surface area contributed by atoms with E-state index in [1.165, 1.54) is 0 Å². The second kappa shape index (κ2) is 8.91. The number of urea groups is 1. The van der Waals surface area contributed by atoms with E-state index in [2.05, 4.69) is 5.32 Å². The van der Waals surface area contributed by atoms with E-state index in [9.17, 15) is 35.9 Å². The van der Waals surface area contributed by atoms with E-state index >= 15 is 0 Å². The third-order valence-corrected chi connectivity index (χ3v) is 4.49. The number of piperidine rings is 1. The first kappa shape index (κ1) is 22.8. The number of benzene rings is 1. The Morgan fingerprint density at radius 2 is 1.52 bits per heavy atom. The van der Waals surface area contributed by atoms with E-state index in [1.54, 1.807) is 4.90 Å². The van der Waals surface area contributed by atoms with Crippen molar-refractivity contribution in [3.63, 3.8) is 0 Å². The fourth-order valence-corrected chi connectivity index (χ4v) is 3.02. The summed E-state index contributed by atoms with van der Waals surface area (Å²) in [5.74, 6) is 0.0130. The molecule has 1 heterocycles. The van der Waals surface area contributed by atoms with E-state index < -0.39 is 35.2 Å². The summed E-state index contributed by atoms with van der Waals surface area (Å²) >= 11 is 0. The zero-order valence-corrected chi connectivity index (χ0v) is 15.6. The number of hydrogen-bond donors (Lipinski definition) is 2. The molecule has 0 aromatic heterocycles. The minimum Gasteiger partial charge on any atom is -0.343 e. The largest absolute Gasteiger partial charge is 0.416 e. The maximum atomic E-state index is 12.9. The molecule has 1 aliphatic heterocycles. The second-order valence-electron chi connectivity index (χ2n) is 6.80. The minimum atomic E-state index is -4.99. The van der Waals surface area contributed by atoms with Crippen molar-refractivity contribution in [3.05, 3.63) is 29.3 Å². The number of carbonyl (C=O) groups excluding carboxylic acids is 2. The van der Waals surface area contributed by atoms with E-state index in [0.717, 1.165) is 6.42 Å². The zero-order chi connectivity index (χ0) is 21.8. The van der Waals surface area contributed by atoms with Crippen molar-refractivity contribution in [2.24, 2.45) is 0 Å². The molecule has 0 atom stereocenters. The summed E-state index contributed by atoms with van der Waals surface area (Å²) < 4.78 is 77.3. The molecule has 1 aliphatic rings. The number of carbonyl (C=O) groups is 2. The van der Waals surface area contributed by atoms with Gasteiger partial charge in [-0.2, -0.15) is 26.3 Å². The van der Waals surface area contributed by atoms with Crippen molar-refractivity contribution in [2.75, 3.05) is 18.4 Å². The van der Waals surface area contributed by atoms with Crippen LogP contribution in [0.4, 0.5) is 36.8 Å². The predicted molar refractivity (Wildman–Crippen MR) is 93.1 cm³/mol. The first-order valence-corrected chi connectivity index (χ1v) is 9.05. The van der Waals surface area contributed by atoms with Crippen LogP contribution in [0.2, 0.25) is 0 Å². The maximum absolute atomic E-state index is 12.9. The second-order valence-corrected chi connectivity index (χ2v) is 6.80. The Labute approximate surface area is 163 Å². The van der Waals surface area contributed by atoms with E-state index in [0.29, 0.717) is 44.5 Å². The molecule has 0 spiro atoms. The molecule has 3 amide bonds. The van der Waals surface area contributed by atoms with Gasteiger partial charge in [-0.05, 0) is 37.5 Å². The van der Waals surface area contributed by atoms with Crippen LogP contribution in [0.25, 0.3) is 0 Å². The molecule has 1 aromatic carbocycles. The third kappa shape index (κ3) is 6.53. The van der Waals surface area contributed by atoms with E-state index in [1.807, 2.05) is 12.2 Å². The summed E-state index contributed by atoms with van der Waals surface area (Å²) in [7, 11) is 0. The van der Waals surface area contributed by atoms with Crippen LogP contribution in [0.3, 0.4) is 0 Å². The molecule has 1 saturated heterocycles. The van der Waals surface area contributed by atoms with Gasteiger partial charge in [0.1, 0.15) is 0 Å². The van der Waals surface area contributed by atoms with Crippen molar-refractivity contribution in [2.45, 2.75) is 51.0 Å². The summed E-state index contributed by atoms with van der Waals surface area (Å²) in [5, 5.41) is 4.56. The summed E-state index contributed by atoms with van der Waals surface area (Å²) in [6, 6.07) is -0.363. The van der Waals surface area contributed by atoms with Gasteiger partial charge in [-0.3, -0.25) is 4.79 Å². The number of rotatable bonds is 4. The van der Waals surface area contributed by atoms with E-state index in [4.69, 9.17) is 0 Å². The molecule has 2 rings (SSSR count). The van der Waals surface area contributed by atoms with Gasteiger partial charge in [-0.15, -0.1) is 0 Å². The average molecular weight is 425 g/mol. The number of anilines is 1. The molecule has 0 saturated carbocycles. The van der Waals surface area contributed by atoms with Crippen LogP contribution in [-0.2, 0) is 17.1 Å². The Hall–Kier alpha value is -2.46. The summed E-state index contributed by atoms with van der Waals surface area (Å²) in [6.07, 6.45) is -7.96. The molecule has 0 unspecified atom stereocenters. The first-order valence-electron chi connectivity index (χ1n) is 9.05. The van der Waals surface area contributed by atoms with Crippen molar-refractivity contribution in [1.82, 2.24) is 10.2 Å². The summed E-state index contributed by atoms with van der Waals surface area (Å²) in [4.78, 5) is 25.6. The Morgan fingerprint density at radius 3 is 1.97 bits per heavy atom. The van der Waals surface area contributed by atoms with Crippen molar-refractivity contribution in [3.8, 4) is 0 Å². The maximum Gasteiger partial charge on any atom is 0.416 e. The lowest BCUT2D eigenvalue weighted by atomic mass is 10.0. The number of alkyl halides is 6. The molecule has 29 heavy (non-hydrogen) atoms. The highest BCUT2D eigenvalue weighted by molar-refractivity contribution is 5.89. The molecule has 0 aliphatic carbocycles. The average Bonchev–Trinajstić information content (AvgIpc) is 2.60. The molecular weight excluding hydrogens is 404 g/mol. The molecule has 1 fully saturated rings. The molecule has 11 heteroatoms. The summed E-state index contributed by atoms with van der Waals surface area (Å²) in [5.41, 5.74) is -3.63. The highest BCUT2D eigenvalue weighted by atomic mass is 19.4. The van der Waals surface area contributed by atoms with Crippen molar-refractivity contribution >= 4 is 17.6 Å². The SMILES string of the molecule is CCCC(=O)N1CCC(NC(=O)Nc2cc(C(F)(F)F)cc(C(F)(F)F)c2)CC1. The van der Waals surface area contributed by atoms with Gasteiger partial charge in [0, 0.05) is 31.2 Å². The number of hydrogen-bond acceptors (Lipinski definition) is 2. The van der Waals surface area contributed by atoms with Crippen LogP contribution in [-0.4, -0.2) is 36.0 Å². The van der Waals surface area contributed by atoms with Crippen LogP contribution in [0, 0.1) is 0 Å². The molecule has 1 aromatic rings. The third-order valence-electron chi connectivity index (χ3n) is 4.49. The van der Waals surface area contributed by atoms with Crippen LogP contribution in [0.1, 0.15) is 43.7 Å². The van der Waals surface area contributed by atoms with Crippen LogP contribution < -0.4 is 10.6 Å². The van der Waals surface area contributed by atoms with Gasteiger partial charge >= 0.3 is 18.4 Å². The Balaban J connectivity index is 2.01. The fourth-order valence-electron chi connectivity index (χ4n) is 3.02. The van der Waals surface area contributed by atoms with Gasteiger partial charge in [0.05, 0.1) is 11.1 Å². The normalized spacial score (nSPS) is 15.9. The predicted octanol–water partition coefficient (Wildman–Crippen LogP) is 4.64. The summed E-state index contributed by atoms with van der Waals surface area (Å²) in [6.45, 7) is 2.73. The van der Waals surface area contributed by atoms with Gasteiger partial charge in [0.2, 0.25) is 5.91 Å².